The maximum Gasteiger partial charge on any atom is 0.180 e. The summed E-state index contributed by atoms with van der Waals surface area (Å²) in [5, 5.41) is 6.30. The number of allylic oxidation sites excluding steroid dienone is 4. The second-order valence-electron chi connectivity index (χ2n) is 8.84. The maximum absolute atomic E-state index is 2.56. The Morgan fingerprint density at radius 3 is 2.03 bits per heavy atom. The molecular weight excluding hydrogens is 388 g/mol. The van der Waals surface area contributed by atoms with E-state index >= 15 is 0 Å². The Bertz CT molecular complexity index is 1370. The van der Waals surface area contributed by atoms with Crippen LogP contribution in [0.3, 0.4) is 0 Å². The minimum absolute atomic E-state index is 1.05. The van der Waals surface area contributed by atoms with Gasteiger partial charge in [0.2, 0.25) is 0 Å². The van der Waals surface area contributed by atoms with Crippen molar-refractivity contribution in [2.24, 2.45) is 0 Å². The van der Waals surface area contributed by atoms with Crippen LogP contribution in [0.15, 0.2) is 109 Å². The van der Waals surface area contributed by atoms with Crippen molar-refractivity contribution in [3.8, 4) is 11.1 Å². The fraction of sp³-hybridized carbons (Fsp3) is 0.0667. The fourth-order valence-electron chi connectivity index (χ4n) is 6.00. The van der Waals surface area contributed by atoms with Crippen LogP contribution in [0.2, 0.25) is 0 Å². The Balaban J connectivity index is 1.56. The summed E-state index contributed by atoms with van der Waals surface area (Å²) in [5.41, 5.74) is 9.00. The van der Waals surface area contributed by atoms with Crippen molar-refractivity contribution in [1.82, 2.24) is 0 Å². The summed E-state index contributed by atoms with van der Waals surface area (Å²) in [7, 11) is -2.09. The summed E-state index contributed by atoms with van der Waals surface area (Å²) in [6.45, 7) is 0. The third-order valence-corrected chi connectivity index (χ3v) is 12.0. The van der Waals surface area contributed by atoms with Gasteiger partial charge < -0.3 is 0 Å². The molecule has 4 aromatic rings. The zero-order valence-electron chi connectivity index (χ0n) is 17.3. The fourth-order valence-corrected chi connectivity index (χ4v) is 11.1. The Hall–Kier alpha value is -3.42. The summed E-state index contributed by atoms with van der Waals surface area (Å²) in [6.07, 6.45) is 9.00. The van der Waals surface area contributed by atoms with E-state index in [1.54, 1.807) is 21.5 Å². The van der Waals surface area contributed by atoms with Crippen molar-refractivity contribution in [3.05, 3.63) is 126 Å². The van der Waals surface area contributed by atoms with E-state index < -0.39 is 8.07 Å². The van der Waals surface area contributed by atoms with Gasteiger partial charge in [0.15, 0.2) is 8.07 Å². The topological polar surface area (TPSA) is 0 Å². The van der Waals surface area contributed by atoms with Crippen LogP contribution in [0.1, 0.15) is 23.1 Å². The van der Waals surface area contributed by atoms with Crippen molar-refractivity contribution in [1.29, 1.82) is 0 Å². The molecule has 0 radical (unpaired) electrons. The highest BCUT2D eigenvalue weighted by atomic mass is 28.3. The third-order valence-electron chi connectivity index (χ3n) is 7.33. The van der Waals surface area contributed by atoms with Gasteiger partial charge in [-0.1, -0.05) is 109 Å². The van der Waals surface area contributed by atoms with Crippen molar-refractivity contribution in [3.63, 3.8) is 0 Å². The molecule has 0 saturated heterocycles. The maximum atomic E-state index is 2.56. The zero-order chi connectivity index (χ0) is 20.4. The molecule has 4 aromatic carbocycles. The van der Waals surface area contributed by atoms with Gasteiger partial charge in [-0.2, -0.15) is 0 Å². The van der Waals surface area contributed by atoms with E-state index in [0.717, 1.165) is 12.8 Å². The summed E-state index contributed by atoms with van der Waals surface area (Å²) < 4.78 is 0. The van der Waals surface area contributed by atoms with E-state index in [9.17, 15) is 0 Å². The van der Waals surface area contributed by atoms with Gasteiger partial charge in [0.05, 0.1) is 0 Å². The average molecular weight is 411 g/mol. The quantitative estimate of drug-likeness (QED) is 0.382. The van der Waals surface area contributed by atoms with Gasteiger partial charge in [-0.05, 0) is 67.0 Å². The molecule has 0 unspecified atom stereocenters. The van der Waals surface area contributed by atoms with E-state index in [1.165, 1.54) is 32.6 Å². The van der Waals surface area contributed by atoms with Gasteiger partial charge in [-0.25, -0.2) is 0 Å². The molecule has 0 saturated carbocycles. The lowest BCUT2D eigenvalue weighted by atomic mass is 9.95. The van der Waals surface area contributed by atoms with Gasteiger partial charge in [0.25, 0.3) is 0 Å². The third kappa shape index (κ3) is 2.24. The molecule has 0 amide bonds. The minimum Gasteiger partial charge on any atom is -0.0801 e. The molecule has 0 bridgehead atoms. The Morgan fingerprint density at radius 2 is 1.35 bits per heavy atom. The lowest BCUT2D eigenvalue weighted by Crippen LogP contribution is -2.55. The normalized spacial score (nSPS) is 16.5. The first-order chi connectivity index (χ1) is 15.4. The summed E-state index contributed by atoms with van der Waals surface area (Å²) in [5.74, 6) is 0. The van der Waals surface area contributed by atoms with E-state index in [2.05, 4.69) is 109 Å². The first kappa shape index (κ1) is 17.3. The van der Waals surface area contributed by atoms with Gasteiger partial charge >= 0.3 is 0 Å². The zero-order valence-corrected chi connectivity index (χ0v) is 18.3. The standard InChI is InChI=1S/C30H22Si/c1-3-14-23(15-4-1)31(24-16-5-2-6-17-24)28-20-26-25-18-10-9-13-22(25)19-27(26)29(30(28)31)21-11-7-8-12-21/h1-11,13-18,20H,12,19H2. The lowest BCUT2D eigenvalue weighted by Gasteiger charge is -2.17. The Kier molecular flexibility index (Phi) is 3.51. The molecule has 1 heteroatoms. The molecule has 0 aromatic heterocycles. The average Bonchev–Trinajstić information content (AvgIpc) is 3.13. The van der Waals surface area contributed by atoms with E-state index in [-0.39, 0.29) is 0 Å². The van der Waals surface area contributed by atoms with E-state index in [0.29, 0.717) is 0 Å². The second-order valence-corrected chi connectivity index (χ2v) is 12.5. The van der Waals surface area contributed by atoms with Crippen molar-refractivity contribution in [2.75, 3.05) is 0 Å². The van der Waals surface area contributed by atoms with Crippen LogP contribution in [0.5, 0.6) is 0 Å². The number of fused-ring (bicyclic) bond motifs is 4. The van der Waals surface area contributed by atoms with Gasteiger partial charge in [0.1, 0.15) is 0 Å². The van der Waals surface area contributed by atoms with Crippen molar-refractivity contribution < 1.29 is 0 Å². The molecule has 146 valence electrons. The van der Waals surface area contributed by atoms with Crippen LogP contribution in [0.25, 0.3) is 16.7 Å². The minimum atomic E-state index is -2.09. The van der Waals surface area contributed by atoms with Crippen LogP contribution in [0, 0.1) is 0 Å². The van der Waals surface area contributed by atoms with Crippen molar-refractivity contribution >= 4 is 34.4 Å². The van der Waals surface area contributed by atoms with Gasteiger partial charge in [-0.15, -0.1) is 0 Å². The first-order valence-corrected chi connectivity index (χ1v) is 13.2. The second kappa shape index (κ2) is 6.29. The van der Waals surface area contributed by atoms with Crippen LogP contribution in [-0.2, 0) is 6.42 Å². The monoisotopic (exact) mass is 410 g/mol. The SMILES string of the molecule is C1=CCC(c2c3c(cc4c2[Si]4(c2ccccc2)c2ccccc2)-c2ccccc2C3)=C1. The number of benzene rings is 4. The van der Waals surface area contributed by atoms with Gasteiger partial charge in [-0.3, -0.25) is 0 Å². The predicted octanol–water partition coefficient (Wildman–Crippen LogP) is 4.29. The molecule has 0 nitrogen and oxygen atoms in total. The summed E-state index contributed by atoms with van der Waals surface area (Å²) in [4.78, 5) is 0. The van der Waals surface area contributed by atoms with Crippen molar-refractivity contribution in [2.45, 2.75) is 12.8 Å². The largest absolute Gasteiger partial charge is 0.180 e. The van der Waals surface area contributed by atoms with Crippen LogP contribution < -0.4 is 20.7 Å². The summed E-state index contributed by atoms with van der Waals surface area (Å²) in [6, 6.07) is 34.2. The Morgan fingerprint density at radius 1 is 0.677 bits per heavy atom. The van der Waals surface area contributed by atoms with Crippen LogP contribution >= 0.6 is 0 Å². The highest BCUT2D eigenvalue weighted by molar-refractivity contribution is 7.32. The number of rotatable bonds is 3. The molecule has 3 aliphatic rings. The predicted molar refractivity (Wildman–Crippen MR) is 134 cm³/mol. The molecule has 31 heavy (non-hydrogen) atoms. The molecule has 0 N–H and O–H groups in total. The molecular formula is C30H22Si. The molecule has 0 spiro atoms. The molecule has 0 fully saturated rings. The van der Waals surface area contributed by atoms with E-state index in [4.69, 9.17) is 0 Å². The van der Waals surface area contributed by atoms with Crippen LogP contribution in [-0.4, -0.2) is 8.07 Å². The van der Waals surface area contributed by atoms with Crippen LogP contribution in [0.4, 0.5) is 0 Å². The molecule has 7 rings (SSSR count). The molecule has 1 aliphatic heterocycles. The van der Waals surface area contributed by atoms with Gasteiger partial charge in [0, 0.05) is 0 Å². The Labute approximate surface area is 184 Å². The van der Waals surface area contributed by atoms with E-state index in [1.807, 2.05) is 0 Å². The molecule has 1 heterocycles. The number of hydrogen-bond acceptors (Lipinski definition) is 0. The highest BCUT2D eigenvalue weighted by Gasteiger charge is 2.58. The highest BCUT2D eigenvalue weighted by Crippen LogP contribution is 2.43. The first-order valence-electron chi connectivity index (χ1n) is 11.2. The molecule has 0 atom stereocenters. The summed E-state index contributed by atoms with van der Waals surface area (Å²) >= 11 is 0. The lowest BCUT2D eigenvalue weighted by molar-refractivity contribution is 1.25. The molecule has 2 aliphatic carbocycles. The smallest absolute Gasteiger partial charge is 0.0801 e. The number of hydrogen-bond donors (Lipinski definition) is 0.